The smallest absolute Gasteiger partial charge is 0.0626 e. The fourth-order valence-electron chi connectivity index (χ4n) is 1.62. The third-order valence-corrected chi connectivity index (χ3v) is 2.36. The van der Waals surface area contributed by atoms with Crippen molar-refractivity contribution in [1.29, 1.82) is 0 Å². The molecule has 1 aliphatic rings. The summed E-state index contributed by atoms with van der Waals surface area (Å²) in [6, 6.07) is 0. The van der Waals surface area contributed by atoms with E-state index in [4.69, 9.17) is 9.84 Å². The van der Waals surface area contributed by atoms with Gasteiger partial charge in [0.2, 0.25) is 0 Å². The number of ether oxygens (including phenoxy) is 1. The van der Waals surface area contributed by atoms with Crippen molar-refractivity contribution in [3.63, 3.8) is 0 Å². The van der Waals surface area contributed by atoms with E-state index in [2.05, 4.69) is 6.92 Å². The topological polar surface area (TPSA) is 29.5 Å². The van der Waals surface area contributed by atoms with Crippen molar-refractivity contribution >= 4 is 0 Å². The number of hydrogen-bond acceptors (Lipinski definition) is 2. The van der Waals surface area contributed by atoms with Crippen molar-refractivity contribution in [2.24, 2.45) is 5.92 Å². The molecule has 0 saturated carbocycles. The largest absolute Gasteiger partial charge is 0.396 e. The van der Waals surface area contributed by atoms with Crippen molar-refractivity contribution in [2.75, 3.05) is 13.2 Å². The van der Waals surface area contributed by atoms with Gasteiger partial charge in [0.15, 0.2) is 0 Å². The van der Waals surface area contributed by atoms with Crippen molar-refractivity contribution in [1.82, 2.24) is 0 Å². The van der Waals surface area contributed by atoms with E-state index in [0.717, 1.165) is 25.4 Å². The zero-order valence-electron chi connectivity index (χ0n) is 7.25. The molecule has 1 heterocycles. The van der Waals surface area contributed by atoms with Gasteiger partial charge < -0.3 is 9.84 Å². The molecule has 0 spiro atoms. The Bertz CT molecular complexity index is 104. The summed E-state index contributed by atoms with van der Waals surface area (Å²) in [4.78, 5) is 0. The summed E-state index contributed by atoms with van der Waals surface area (Å²) in [5, 5.41) is 8.60. The maximum Gasteiger partial charge on any atom is 0.0626 e. The third-order valence-electron chi connectivity index (χ3n) is 2.36. The average Bonchev–Trinajstić information content (AvgIpc) is 1.99. The van der Waals surface area contributed by atoms with Crippen LogP contribution in [0.1, 0.15) is 32.6 Å². The molecule has 66 valence electrons. The van der Waals surface area contributed by atoms with Crippen molar-refractivity contribution in [3.05, 3.63) is 0 Å². The molecule has 2 unspecified atom stereocenters. The van der Waals surface area contributed by atoms with Crippen LogP contribution in [0.2, 0.25) is 0 Å². The zero-order valence-corrected chi connectivity index (χ0v) is 7.25. The zero-order chi connectivity index (χ0) is 8.10. The summed E-state index contributed by atoms with van der Waals surface area (Å²) >= 11 is 0. The quantitative estimate of drug-likeness (QED) is 0.658. The highest BCUT2D eigenvalue weighted by atomic mass is 16.5. The first kappa shape index (κ1) is 9.01. The molecule has 0 bridgehead atoms. The normalized spacial score (nSPS) is 30.0. The number of rotatable bonds is 5. The second kappa shape index (κ2) is 4.73. The van der Waals surface area contributed by atoms with Crippen LogP contribution in [0.25, 0.3) is 0 Å². The summed E-state index contributed by atoms with van der Waals surface area (Å²) in [6.45, 7) is 3.46. The second-order valence-electron chi connectivity index (χ2n) is 3.29. The Labute approximate surface area is 68.6 Å². The van der Waals surface area contributed by atoms with Crippen molar-refractivity contribution < 1.29 is 9.84 Å². The minimum Gasteiger partial charge on any atom is -0.396 e. The summed E-state index contributed by atoms with van der Waals surface area (Å²) < 4.78 is 5.39. The molecule has 2 heteroatoms. The van der Waals surface area contributed by atoms with Crippen LogP contribution < -0.4 is 0 Å². The lowest BCUT2D eigenvalue weighted by Gasteiger charge is -2.36. The molecule has 0 aromatic rings. The molecule has 1 fully saturated rings. The fraction of sp³-hybridized carbons (Fsp3) is 1.00. The Morgan fingerprint density at radius 1 is 1.45 bits per heavy atom. The summed E-state index contributed by atoms with van der Waals surface area (Å²) in [7, 11) is 0. The predicted octanol–water partition coefficient (Wildman–Crippen LogP) is 1.57. The van der Waals surface area contributed by atoms with Crippen LogP contribution >= 0.6 is 0 Å². The van der Waals surface area contributed by atoms with E-state index in [1.54, 1.807) is 0 Å². The molecule has 1 rings (SSSR count). The third kappa shape index (κ3) is 2.46. The highest BCUT2D eigenvalue weighted by Gasteiger charge is 2.30. The molecule has 2 nitrogen and oxygen atoms in total. The molecule has 1 aliphatic heterocycles. The summed E-state index contributed by atoms with van der Waals surface area (Å²) in [6.07, 6.45) is 4.94. The number of aliphatic hydroxyl groups excluding tert-OH is 1. The van der Waals surface area contributed by atoms with Gasteiger partial charge in [-0.3, -0.25) is 0 Å². The Morgan fingerprint density at radius 3 is 2.73 bits per heavy atom. The van der Waals surface area contributed by atoms with E-state index in [1.165, 1.54) is 12.8 Å². The molecule has 0 aromatic carbocycles. The number of aliphatic hydroxyl groups is 1. The monoisotopic (exact) mass is 158 g/mol. The first-order chi connectivity index (χ1) is 5.38. The van der Waals surface area contributed by atoms with Crippen LogP contribution in [0.5, 0.6) is 0 Å². The Kier molecular flexibility index (Phi) is 3.87. The fourth-order valence-corrected chi connectivity index (χ4v) is 1.62. The lowest BCUT2D eigenvalue weighted by Crippen LogP contribution is -2.39. The molecular formula is C9H18O2. The average molecular weight is 158 g/mol. The SMILES string of the molecule is CCCC1COC1CCCO. The molecule has 0 radical (unpaired) electrons. The van der Waals surface area contributed by atoms with E-state index < -0.39 is 0 Å². The van der Waals surface area contributed by atoms with Gasteiger partial charge in [-0.1, -0.05) is 13.3 Å². The van der Waals surface area contributed by atoms with E-state index in [1.807, 2.05) is 0 Å². The van der Waals surface area contributed by atoms with Crippen LogP contribution in [0, 0.1) is 5.92 Å². The van der Waals surface area contributed by atoms with Crippen LogP contribution in [0.15, 0.2) is 0 Å². The predicted molar refractivity (Wildman–Crippen MR) is 44.5 cm³/mol. The molecule has 1 saturated heterocycles. The van der Waals surface area contributed by atoms with Gasteiger partial charge in [0, 0.05) is 12.5 Å². The van der Waals surface area contributed by atoms with Gasteiger partial charge in [0.25, 0.3) is 0 Å². The molecule has 0 aliphatic carbocycles. The molecule has 0 aromatic heterocycles. The highest BCUT2D eigenvalue weighted by molar-refractivity contribution is 4.77. The van der Waals surface area contributed by atoms with Gasteiger partial charge in [-0.05, 0) is 19.3 Å². The van der Waals surface area contributed by atoms with Gasteiger partial charge >= 0.3 is 0 Å². The van der Waals surface area contributed by atoms with E-state index in [-0.39, 0.29) is 0 Å². The van der Waals surface area contributed by atoms with Gasteiger partial charge in [0.1, 0.15) is 0 Å². The Morgan fingerprint density at radius 2 is 2.27 bits per heavy atom. The van der Waals surface area contributed by atoms with Gasteiger partial charge in [0.05, 0.1) is 12.7 Å². The van der Waals surface area contributed by atoms with Crippen molar-refractivity contribution in [3.8, 4) is 0 Å². The second-order valence-corrected chi connectivity index (χ2v) is 3.29. The lowest BCUT2D eigenvalue weighted by molar-refractivity contribution is -0.122. The standard InChI is InChI=1S/C9H18O2/c1-2-4-8-7-11-9(8)5-3-6-10/h8-10H,2-7H2,1H3. The van der Waals surface area contributed by atoms with E-state index >= 15 is 0 Å². The van der Waals surface area contributed by atoms with Crippen LogP contribution in [0.4, 0.5) is 0 Å². The minimum atomic E-state index is 0.304. The summed E-state index contributed by atoms with van der Waals surface area (Å²) in [5.74, 6) is 0.784. The van der Waals surface area contributed by atoms with E-state index in [0.29, 0.717) is 12.7 Å². The van der Waals surface area contributed by atoms with Crippen LogP contribution in [-0.2, 0) is 4.74 Å². The first-order valence-corrected chi connectivity index (χ1v) is 4.61. The van der Waals surface area contributed by atoms with Gasteiger partial charge in [-0.25, -0.2) is 0 Å². The molecule has 2 atom stereocenters. The lowest BCUT2D eigenvalue weighted by atomic mass is 9.90. The maximum absolute atomic E-state index is 8.60. The van der Waals surface area contributed by atoms with Crippen LogP contribution in [-0.4, -0.2) is 24.4 Å². The van der Waals surface area contributed by atoms with Crippen molar-refractivity contribution in [2.45, 2.75) is 38.7 Å². The molecule has 0 amide bonds. The van der Waals surface area contributed by atoms with Gasteiger partial charge in [-0.2, -0.15) is 0 Å². The first-order valence-electron chi connectivity index (χ1n) is 4.61. The van der Waals surface area contributed by atoms with E-state index in [9.17, 15) is 0 Å². The molecular weight excluding hydrogens is 140 g/mol. The summed E-state index contributed by atoms with van der Waals surface area (Å²) in [5.41, 5.74) is 0. The maximum atomic E-state index is 8.60. The Balaban J connectivity index is 2.05. The van der Waals surface area contributed by atoms with Crippen LogP contribution in [0.3, 0.4) is 0 Å². The Hall–Kier alpha value is -0.0800. The molecule has 11 heavy (non-hydrogen) atoms. The minimum absolute atomic E-state index is 0.304. The molecule has 1 N–H and O–H groups in total. The number of hydrogen-bond donors (Lipinski definition) is 1. The van der Waals surface area contributed by atoms with Gasteiger partial charge in [-0.15, -0.1) is 0 Å². The highest BCUT2D eigenvalue weighted by Crippen LogP contribution is 2.28.